The number of allylic oxidation sites excluding steroid dienone is 1. The van der Waals surface area contributed by atoms with Crippen molar-refractivity contribution < 1.29 is 0 Å². The van der Waals surface area contributed by atoms with Crippen LogP contribution in [-0.4, -0.2) is 17.2 Å². The van der Waals surface area contributed by atoms with Crippen LogP contribution in [0.4, 0.5) is 0 Å². The SMILES string of the molecule is CCCCCCc1cc(C)c2ccnc(C3=CC(C)=NC3)c2c1. The third kappa shape index (κ3) is 3.52. The number of benzene rings is 1. The maximum absolute atomic E-state index is 4.67. The number of nitrogens with zero attached hydrogens (tertiary/aromatic N) is 2. The first-order chi connectivity index (χ1) is 11.2. The number of fused-ring (bicyclic) bond motifs is 1. The zero-order valence-electron chi connectivity index (χ0n) is 14.5. The highest BCUT2D eigenvalue weighted by atomic mass is 14.8. The van der Waals surface area contributed by atoms with Crippen molar-refractivity contribution in [3.05, 3.63) is 47.3 Å². The van der Waals surface area contributed by atoms with Crippen LogP contribution in [-0.2, 0) is 6.42 Å². The number of hydrogen-bond acceptors (Lipinski definition) is 2. The molecule has 0 unspecified atom stereocenters. The number of unbranched alkanes of at least 4 members (excludes halogenated alkanes) is 3. The second-order valence-electron chi connectivity index (χ2n) is 6.61. The van der Waals surface area contributed by atoms with E-state index in [0.29, 0.717) is 0 Å². The fourth-order valence-electron chi connectivity index (χ4n) is 3.40. The van der Waals surface area contributed by atoms with Gasteiger partial charge in [0.2, 0.25) is 0 Å². The molecule has 0 spiro atoms. The van der Waals surface area contributed by atoms with Gasteiger partial charge in [0.15, 0.2) is 0 Å². The van der Waals surface area contributed by atoms with Gasteiger partial charge in [0.1, 0.15) is 0 Å². The van der Waals surface area contributed by atoms with Crippen molar-refractivity contribution in [2.45, 2.75) is 52.9 Å². The highest BCUT2D eigenvalue weighted by Gasteiger charge is 2.13. The van der Waals surface area contributed by atoms with Gasteiger partial charge in [-0.1, -0.05) is 32.3 Å². The molecule has 0 amide bonds. The highest BCUT2D eigenvalue weighted by molar-refractivity contribution is 6.06. The molecule has 0 radical (unpaired) electrons. The quantitative estimate of drug-likeness (QED) is 0.645. The predicted octanol–water partition coefficient (Wildman–Crippen LogP) is 5.52. The van der Waals surface area contributed by atoms with E-state index in [1.165, 1.54) is 59.6 Å². The molecule has 23 heavy (non-hydrogen) atoms. The van der Waals surface area contributed by atoms with Gasteiger partial charge in [0.05, 0.1) is 12.2 Å². The summed E-state index contributed by atoms with van der Waals surface area (Å²) in [6.45, 7) is 7.30. The third-order valence-electron chi connectivity index (χ3n) is 4.65. The summed E-state index contributed by atoms with van der Waals surface area (Å²) in [6.07, 6.45) is 10.5. The summed E-state index contributed by atoms with van der Waals surface area (Å²) in [5, 5.41) is 2.60. The first kappa shape index (κ1) is 15.9. The molecule has 0 fully saturated rings. The average molecular weight is 306 g/mol. The monoisotopic (exact) mass is 306 g/mol. The molecule has 2 aromatic rings. The Kier molecular flexibility index (Phi) is 4.90. The van der Waals surface area contributed by atoms with Crippen molar-refractivity contribution in [1.82, 2.24) is 4.98 Å². The molecule has 1 aromatic heterocycles. The molecule has 3 rings (SSSR count). The second-order valence-corrected chi connectivity index (χ2v) is 6.61. The van der Waals surface area contributed by atoms with Gasteiger partial charge >= 0.3 is 0 Å². The molecule has 1 aliphatic rings. The molecule has 0 aliphatic carbocycles. The fraction of sp³-hybridized carbons (Fsp3) is 0.429. The molecule has 2 nitrogen and oxygen atoms in total. The van der Waals surface area contributed by atoms with Crippen LogP contribution >= 0.6 is 0 Å². The van der Waals surface area contributed by atoms with Crippen molar-refractivity contribution in [2.75, 3.05) is 6.54 Å². The Morgan fingerprint density at radius 2 is 1.91 bits per heavy atom. The van der Waals surface area contributed by atoms with Gasteiger partial charge in [-0.2, -0.15) is 0 Å². The van der Waals surface area contributed by atoms with E-state index in [-0.39, 0.29) is 0 Å². The number of aromatic nitrogens is 1. The van der Waals surface area contributed by atoms with Crippen LogP contribution in [0.25, 0.3) is 16.3 Å². The van der Waals surface area contributed by atoms with Gasteiger partial charge < -0.3 is 0 Å². The molecule has 0 bridgehead atoms. The molecule has 1 aliphatic heterocycles. The first-order valence-corrected chi connectivity index (χ1v) is 8.79. The smallest absolute Gasteiger partial charge is 0.0759 e. The maximum Gasteiger partial charge on any atom is 0.0759 e. The lowest BCUT2D eigenvalue weighted by molar-refractivity contribution is 0.667. The molecule has 0 N–H and O–H groups in total. The molecule has 0 saturated carbocycles. The summed E-state index contributed by atoms with van der Waals surface area (Å²) >= 11 is 0. The van der Waals surface area contributed by atoms with E-state index in [1.807, 2.05) is 6.20 Å². The average Bonchev–Trinajstić information content (AvgIpc) is 2.97. The molecule has 1 aromatic carbocycles. The third-order valence-corrected chi connectivity index (χ3v) is 4.65. The second kappa shape index (κ2) is 7.08. The Hall–Kier alpha value is -1.96. The standard InChI is InChI=1S/C21H26N2/c1-4-5-6-7-8-17-11-15(2)19-9-10-22-21(20(19)13-17)18-12-16(3)23-14-18/h9-13H,4-8,14H2,1-3H3. The minimum absolute atomic E-state index is 0.762. The zero-order valence-corrected chi connectivity index (χ0v) is 14.5. The normalized spacial score (nSPS) is 14.2. The number of aliphatic imine (C=N–C) groups is 1. The molecule has 2 heterocycles. The van der Waals surface area contributed by atoms with Crippen molar-refractivity contribution in [2.24, 2.45) is 4.99 Å². The fourth-order valence-corrected chi connectivity index (χ4v) is 3.40. The topological polar surface area (TPSA) is 25.2 Å². The van der Waals surface area contributed by atoms with Crippen LogP contribution in [0.15, 0.2) is 35.5 Å². The highest BCUT2D eigenvalue weighted by Crippen LogP contribution is 2.29. The summed E-state index contributed by atoms with van der Waals surface area (Å²) in [6, 6.07) is 6.84. The summed E-state index contributed by atoms with van der Waals surface area (Å²) in [5.74, 6) is 0. The largest absolute Gasteiger partial charge is 0.285 e. The van der Waals surface area contributed by atoms with Crippen molar-refractivity contribution in [1.29, 1.82) is 0 Å². The Morgan fingerprint density at radius 1 is 1.04 bits per heavy atom. The van der Waals surface area contributed by atoms with Crippen LogP contribution in [0.5, 0.6) is 0 Å². The van der Waals surface area contributed by atoms with Gasteiger partial charge in [-0.15, -0.1) is 0 Å². The van der Waals surface area contributed by atoms with Crippen LogP contribution in [0, 0.1) is 6.92 Å². The van der Waals surface area contributed by atoms with E-state index >= 15 is 0 Å². The Balaban J connectivity index is 1.95. The summed E-state index contributed by atoms with van der Waals surface area (Å²) in [7, 11) is 0. The zero-order chi connectivity index (χ0) is 16.2. The molecular weight excluding hydrogens is 280 g/mol. The van der Waals surface area contributed by atoms with Gasteiger partial charge in [-0.3, -0.25) is 9.98 Å². The van der Waals surface area contributed by atoms with E-state index in [4.69, 9.17) is 0 Å². The summed E-state index contributed by atoms with van der Waals surface area (Å²) in [4.78, 5) is 9.17. The molecule has 0 saturated heterocycles. The number of hydrogen-bond donors (Lipinski definition) is 0. The van der Waals surface area contributed by atoms with Crippen molar-refractivity contribution in [3.63, 3.8) is 0 Å². The molecule has 0 atom stereocenters. The van der Waals surface area contributed by atoms with Gasteiger partial charge in [0.25, 0.3) is 0 Å². The van der Waals surface area contributed by atoms with Crippen molar-refractivity contribution in [3.8, 4) is 0 Å². The molecule has 2 heteroatoms. The predicted molar refractivity (Wildman–Crippen MR) is 100 cm³/mol. The summed E-state index contributed by atoms with van der Waals surface area (Å²) in [5.41, 5.74) is 6.26. The van der Waals surface area contributed by atoms with Crippen LogP contribution in [0.2, 0.25) is 0 Å². The summed E-state index contributed by atoms with van der Waals surface area (Å²) < 4.78 is 0. The lowest BCUT2D eigenvalue weighted by Crippen LogP contribution is -1.96. The Labute approximate surface area is 139 Å². The Morgan fingerprint density at radius 3 is 2.65 bits per heavy atom. The van der Waals surface area contributed by atoms with Crippen LogP contribution in [0.3, 0.4) is 0 Å². The minimum Gasteiger partial charge on any atom is -0.285 e. The number of aryl methyl sites for hydroxylation is 2. The van der Waals surface area contributed by atoms with E-state index in [9.17, 15) is 0 Å². The lowest BCUT2D eigenvalue weighted by atomic mass is 9.96. The number of rotatable bonds is 6. The van der Waals surface area contributed by atoms with Gasteiger partial charge in [-0.25, -0.2) is 0 Å². The van der Waals surface area contributed by atoms with Gasteiger partial charge in [0, 0.05) is 22.9 Å². The van der Waals surface area contributed by atoms with Crippen molar-refractivity contribution >= 4 is 22.1 Å². The molecular formula is C21H26N2. The maximum atomic E-state index is 4.67. The number of pyridine rings is 1. The minimum atomic E-state index is 0.762. The molecule has 120 valence electrons. The Bertz CT molecular complexity index is 769. The lowest BCUT2D eigenvalue weighted by Gasteiger charge is -2.11. The first-order valence-electron chi connectivity index (χ1n) is 8.79. The van der Waals surface area contributed by atoms with Crippen LogP contribution < -0.4 is 0 Å². The van der Waals surface area contributed by atoms with Crippen LogP contribution in [0.1, 0.15) is 56.4 Å². The van der Waals surface area contributed by atoms with E-state index in [0.717, 1.165) is 18.0 Å². The van der Waals surface area contributed by atoms with E-state index in [1.54, 1.807) is 0 Å². The van der Waals surface area contributed by atoms with Gasteiger partial charge in [-0.05, 0) is 61.4 Å². The van der Waals surface area contributed by atoms with E-state index in [2.05, 4.69) is 55.0 Å². The van der Waals surface area contributed by atoms with E-state index < -0.39 is 0 Å².